The number of benzene rings is 1. The molecule has 0 aromatic heterocycles. The summed E-state index contributed by atoms with van der Waals surface area (Å²) >= 11 is 0. The second-order valence-electron chi connectivity index (χ2n) is 6.57. The lowest BCUT2D eigenvalue weighted by Gasteiger charge is -2.28. The van der Waals surface area contributed by atoms with E-state index < -0.39 is 35.8 Å². The Bertz CT molecular complexity index is 784. The Hall–Kier alpha value is -3.21. The molecule has 1 heterocycles. The van der Waals surface area contributed by atoms with Crippen molar-refractivity contribution in [2.24, 2.45) is 5.92 Å². The topological polar surface area (TPSA) is 111 Å². The molecule has 1 aliphatic heterocycles. The molecule has 0 spiro atoms. The summed E-state index contributed by atoms with van der Waals surface area (Å²) in [7, 11) is 0. The number of amides is 5. The molecule has 1 aromatic carbocycles. The number of rotatable bonds is 6. The largest absolute Gasteiger partial charge is 0.336 e. The van der Waals surface area contributed by atoms with Crippen molar-refractivity contribution < 1.29 is 19.2 Å². The zero-order valence-electron chi connectivity index (χ0n) is 14.9. The van der Waals surface area contributed by atoms with Crippen molar-refractivity contribution in [1.82, 2.24) is 15.1 Å². The number of imide groups is 2. The monoisotopic (exact) mass is 356 g/mol. The minimum atomic E-state index is -1.14. The van der Waals surface area contributed by atoms with E-state index >= 15 is 0 Å². The number of carbonyl (C=O) groups is 4. The molecular formula is C18H20N4O4. The molecule has 0 bridgehead atoms. The Labute approximate surface area is 151 Å². The van der Waals surface area contributed by atoms with Crippen LogP contribution in [0.25, 0.3) is 0 Å². The second-order valence-corrected chi connectivity index (χ2v) is 6.57. The normalized spacial score (nSPS) is 16.7. The molecule has 8 nitrogen and oxygen atoms in total. The van der Waals surface area contributed by atoms with E-state index in [-0.39, 0.29) is 12.5 Å². The number of nitrogens with one attached hydrogen (secondary N) is 1. The van der Waals surface area contributed by atoms with Crippen LogP contribution < -0.4 is 5.32 Å². The third-order valence-electron chi connectivity index (χ3n) is 4.41. The molecular weight excluding hydrogens is 336 g/mol. The number of carbonyl (C=O) groups excluding carboxylic acids is 4. The summed E-state index contributed by atoms with van der Waals surface area (Å²) < 4.78 is 0. The van der Waals surface area contributed by atoms with Crippen LogP contribution in [-0.4, -0.2) is 45.6 Å². The highest BCUT2D eigenvalue weighted by atomic mass is 16.2. The van der Waals surface area contributed by atoms with Crippen LogP contribution in [0.1, 0.15) is 26.3 Å². The van der Waals surface area contributed by atoms with Crippen LogP contribution in [-0.2, 0) is 20.9 Å². The Morgan fingerprint density at radius 1 is 1.15 bits per heavy atom. The van der Waals surface area contributed by atoms with Gasteiger partial charge in [-0.1, -0.05) is 44.2 Å². The fourth-order valence-corrected chi connectivity index (χ4v) is 2.37. The number of urea groups is 1. The second kappa shape index (κ2) is 7.35. The maximum absolute atomic E-state index is 12.4. The van der Waals surface area contributed by atoms with Crippen LogP contribution in [0.5, 0.6) is 0 Å². The molecule has 1 N–H and O–H groups in total. The SMILES string of the molecule is CC(C)[C@@](C)(C#N)NC(=O)CN1C(=O)C(=O)N(Cc2ccccc2)C1=O. The van der Waals surface area contributed by atoms with Gasteiger partial charge in [0, 0.05) is 0 Å². The highest BCUT2D eigenvalue weighted by Gasteiger charge is 2.45. The molecule has 1 fully saturated rings. The minimum absolute atomic E-state index is 0.0513. The Morgan fingerprint density at radius 3 is 2.27 bits per heavy atom. The van der Waals surface area contributed by atoms with Crippen molar-refractivity contribution in [2.75, 3.05) is 6.54 Å². The van der Waals surface area contributed by atoms with Crippen LogP contribution in [0.2, 0.25) is 0 Å². The number of hydrogen-bond donors (Lipinski definition) is 1. The van der Waals surface area contributed by atoms with Crippen molar-refractivity contribution in [3.8, 4) is 6.07 Å². The van der Waals surface area contributed by atoms with E-state index in [9.17, 15) is 24.4 Å². The maximum Gasteiger partial charge on any atom is 0.335 e. The molecule has 8 heteroatoms. The van der Waals surface area contributed by atoms with Crippen LogP contribution in [0, 0.1) is 17.2 Å². The molecule has 1 aromatic rings. The third kappa shape index (κ3) is 3.72. The summed E-state index contributed by atoms with van der Waals surface area (Å²) in [6.07, 6.45) is 0. The van der Waals surface area contributed by atoms with Gasteiger partial charge in [0.15, 0.2) is 0 Å². The van der Waals surface area contributed by atoms with Crippen LogP contribution in [0.4, 0.5) is 4.79 Å². The molecule has 2 rings (SSSR count). The Balaban J connectivity index is 2.10. The van der Waals surface area contributed by atoms with Crippen molar-refractivity contribution in [1.29, 1.82) is 5.26 Å². The summed E-state index contributed by atoms with van der Waals surface area (Å²) in [5, 5.41) is 11.8. The predicted molar refractivity (Wildman–Crippen MR) is 91.1 cm³/mol. The first-order chi connectivity index (χ1) is 12.2. The zero-order chi connectivity index (χ0) is 19.5. The molecule has 0 unspecified atom stereocenters. The summed E-state index contributed by atoms with van der Waals surface area (Å²) in [5.41, 5.74) is -0.457. The van der Waals surface area contributed by atoms with Crippen molar-refractivity contribution in [3.05, 3.63) is 35.9 Å². The third-order valence-corrected chi connectivity index (χ3v) is 4.41. The van der Waals surface area contributed by atoms with Gasteiger partial charge in [-0.3, -0.25) is 19.3 Å². The highest BCUT2D eigenvalue weighted by molar-refractivity contribution is 6.44. The Morgan fingerprint density at radius 2 is 1.73 bits per heavy atom. The fourth-order valence-electron chi connectivity index (χ4n) is 2.37. The highest BCUT2D eigenvalue weighted by Crippen LogP contribution is 2.17. The molecule has 0 radical (unpaired) electrons. The average molecular weight is 356 g/mol. The van der Waals surface area contributed by atoms with Gasteiger partial charge in [0.1, 0.15) is 12.1 Å². The minimum Gasteiger partial charge on any atom is -0.336 e. The van der Waals surface area contributed by atoms with Gasteiger partial charge in [-0.25, -0.2) is 9.69 Å². The van der Waals surface area contributed by atoms with E-state index in [1.54, 1.807) is 51.1 Å². The molecule has 0 saturated carbocycles. The summed E-state index contributed by atoms with van der Waals surface area (Å²) in [6.45, 7) is 4.42. The zero-order valence-corrected chi connectivity index (χ0v) is 14.9. The lowest BCUT2D eigenvalue weighted by molar-refractivity contribution is -0.144. The van der Waals surface area contributed by atoms with Crippen molar-refractivity contribution >= 4 is 23.8 Å². The Kier molecular flexibility index (Phi) is 5.41. The van der Waals surface area contributed by atoms with Crippen LogP contribution >= 0.6 is 0 Å². The van der Waals surface area contributed by atoms with Gasteiger partial charge >= 0.3 is 17.8 Å². The number of nitrogens with zero attached hydrogens (tertiary/aromatic N) is 3. The molecule has 1 aliphatic rings. The molecule has 26 heavy (non-hydrogen) atoms. The molecule has 1 saturated heterocycles. The van der Waals surface area contributed by atoms with Crippen molar-refractivity contribution in [3.63, 3.8) is 0 Å². The summed E-state index contributed by atoms with van der Waals surface area (Å²) in [5.74, 6) is -2.89. The van der Waals surface area contributed by atoms with Gasteiger partial charge in [0.2, 0.25) is 5.91 Å². The van der Waals surface area contributed by atoms with Gasteiger partial charge in [-0.2, -0.15) is 5.26 Å². The average Bonchev–Trinajstić information content (AvgIpc) is 2.80. The van der Waals surface area contributed by atoms with Crippen LogP contribution in [0.3, 0.4) is 0 Å². The first-order valence-corrected chi connectivity index (χ1v) is 8.13. The number of nitriles is 1. The van der Waals surface area contributed by atoms with Gasteiger partial charge in [-0.05, 0) is 18.4 Å². The smallest absolute Gasteiger partial charge is 0.335 e. The van der Waals surface area contributed by atoms with E-state index in [1.165, 1.54) is 0 Å². The standard InChI is InChI=1S/C18H20N4O4/c1-12(2)18(3,11-19)20-14(23)10-22-16(25)15(24)21(17(22)26)9-13-7-5-4-6-8-13/h4-8,12H,9-10H2,1-3H3,(H,20,23)/t18-/m1/s1. The molecule has 5 amide bonds. The quantitative estimate of drug-likeness (QED) is 0.605. The first-order valence-electron chi connectivity index (χ1n) is 8.13. The van der Waals surface area contributed by atoms with Gasteiger partial charge < -0.3 is 5.32 Å². The number of hydrogen-bond acceptors (Lipinski definition) is 5. The van der Waals surface area contributed by atoms with E-state index in [0.717, 1.165) is 4.90 Å². The molecule has 1 atom stereocenters. The lowest BCUT2D eigenvalue weighted by atomic mass is 9.90. The van der Waals surface area contributed by atoms with Crippen LogP contribution in [0.15, 0.2) is 30.3 Å². The summed E-state index contributed by atoms with van der Waals surface area (Å²) in [4.78, 5) is 50.2. The lowest BCUT2D eigenvalue weighted by Crippen LogP contribution is -2.52. The van der Waals surface area contributed by atoms with Crippen molar-refractivity contribution in [2.45, 2.75) is 32.9 Å². The fraction of sp³-hybridized carbons (Fsp3) is 0.389. The molecule has 136 valence electrons. The first kappa shape index (κ1) is 19.1. The maximum atomic E-state index is 12.4. The van der Waals surface area contributed by atoms with Gasteiger partial charge in [0.05, 0.1) is 12.6 Å². The van der Waals surface area contributed by atoms with E-state index in [4.69, 9.17) is 0 Å². The van der Waals surface area contributed by atoms with E-state index in [1.807, 2.05) is 6.07 Å². The van der Waals surface area contributed by atoms with Gasteiger partial charge in [0.25, 0.3) is 0 Å². The molecule has 0 aliphatic carbocycles. The van der Waals surface area contributed by atoms with Gasteiger partial charge in [-0.15, -0.1) is 0 Å². The predicted octanol–water partition coefficient (Wildman–Crippen LogP) is 1.03. The van der Waals surface area contributed by atoms with E-state index in [2.05, 4.69) is 5.32 Å². The summed E-state index contributed by atoms with van der Waals surface area (Å²) in [6, 6.07) is 9.91. The van der Waals surface area contributed by atoms with E-state index in [0.29, 0.717) is 10.5 Å².